The van der Waals surface area contributed by atoms with E-state index in [9.17, 15) is 0 Å². The Morgan fingerprint density at radius 2 is 1.14 bits per heavy atom. The van der Waals surface area contributed by atoms with Crippen molar-refractivity contribution in [3.05, 3.63) is 211 Å². The Labute approximate surface area is 335 Å². The highest BCUT2D eigenvalue weighted by atomic mass is 32.1. The van der Waals surface area contributed by atoms with Crippen molar-refractivity contribution in [3.63, 3.8) is 0 Å². The Kier molecular flexibility index (Phi) is 8.09. The average molecular weight is 751 g/mol. The van der Waals surface area contributed by atoms with E-state index in [0.717, 1.165) is 17.0 Å². The summed E-state index contributed by atoms with van der Waals surface area (Å²) in [6.45, 7) is 0. The second kappa shape index (κ2) is 13.7. The van der Waals surface area contributed by atoms with Gasteiger partial charge in [0, 0.05) is 49.2 Å². The summed E-state index contributed by atoms with van der Waals surface area (Å²) >= 11 is 1.89. The van der Waals surface area contributed by atoms with Gasteiger partial charge < -0.3 is 9.47 Å². The van der Waals surface area contributed by atoms with E-state index in [1.165, 1.54) is 75.5 Å². The molecule has 57 heavy (non-hydrogen) atoms. The van der Waals surface area contributed by atoms with Crippen molar-refractivity contribution in [1.29, 1.82) is 0 Å². The third-order valence-electron chi connectivity index (χ3n) is 11.5. The summed E-state index contributed by atoms with van der Waals surface area (Å²) in [4.78, 5) is 7.51. The number of hydrogen-bond donors (Lipinski definition) is 1. The van der Waals surface area contributed by atoms with Gasteiger partial charge in [0.05, 0.1) is 11.0 Å². The highest BCUT2D eigenvalue weighted by Gasteiger charge is 2.30. The molecule has 2 aromatic heterocycles. The van der Waals surface area contributed by atoms with Gasteiger partial charge in [-0.3, -0.25) is 5.32 Å². The molecule has 0 aliphatic carbocycles. The molecule has 0 spiro atoms. The fourth-order valence-electron chi connectivity index (χ4n) is 8.81. The fraction of sp³-hybridized carbons (Fsp3) is 0.0577. The molecule has 272 valence electrons. The molecule has 10 aromatic rings. The van der Waals surface area contributed by atoms with Crippen molar-refractivity contribution < 1.29 is 0 Å². The Morgan fingerprint density at radius 1 is 0.509 bits per heavy atom. The van der Waals surface area contributed by atoms with Gasteiger partial charge in [0.15, 0.2) is 0 Å². The number of hydrogen-bond acceptors (Lipinski definition) is 4. The quantitative estimate of drug-likeness (QED) is 0.184. The van der Waals surface area contributed by atoms with Crippen LogP contribution in [0.1, 0.15) is 29.0 Å². The van der Waals surface area contributed by atoms with Gasteiger partial charge in [-0.05, 0) is 69.8 Å². The number of amidine groups is 1. The maximum absolute atomic E-state index is 5.24. The second-order valence-corrected chi connectivity index (χ2v) is 15.9. The normalized spacial score (nSPS) is 15.8. The third kappa shape index (κ3) is 5.66. The van der Waals surface area contributed by atoms with E-state index in [1.54, 1.807) is 0 Å². The van der Waals surface area contributed by atoms with Crippen molar-refractivity contribution in [1.82, 2.24) is 14.8 Å². The minimum Gasteiger partial charge on any atom is -0.340 e. The average Bonchev–Trinajstić information content (AvgIpc) is 3.83. The molecule has 0 bridgehead atoms. The summed E-state index contributed by atoms with van der Waals surface area (Å²) in [5, 5.41) is 8.99. The highest BCUT2D eigenvalue weighted by molar-refractivity contribution is 7.26. The maximum atomic E-state index is 5.24. The summed E-state index contributed by atoms with van der Waals surface area (Å²) in [7, 11) is 2.14. The maximum Gasteiger partial charge on any atom is 0.134 e. The Bertz CT molecular complexity index is 3130. The van der Waals surface area contributed by atoms with Crippen LogP contribution in [0.5, 0.6) is 0 Å². The predicted octanol–water partition coefficient (Wildman–Crippen LogP) is 13.2. The standard InChI is InChI=1S/C52H38N4S/c1-55-51(35-18-7-3-8-19-35)53-50(34-16-5-2-6-17-34)54-52(55)38-21-13-20-36(32-38)41-26-14-27-44-48-40(25-15-29-47(48)57-49(41)44)37-30-31-43-42-24-11-12-28-45(42)56(46(43)33-37)39-22-9-4-10-23-39/h2-33,50,52,54H,1H3. The first-order valence-electron chi connectivity index (χ1n) is 19.5. The molecule has 2 atom stereocenters. The molecule has 1 N–H and O–H groups in total. The monoisotopic (exact) mass is 750 g/mol. The first-order valence-corrected chi connectivity index (χ1v) is 20.3. The zero-order valence-electron chi connectivity index (χ0n) is 31.4. The number of rotatable bonds is 6. The van der Waals surface area contributed by atoms with Crippen molar-refractivity contribution in [2.45, 2.75) is 12.3 Å². The van der Waals surface area contributed by atoms with E-state index in [1.807, 2.05) is 11.3 Å². The molecule has 0 saturated carbocycles. The van der Waals surface area contributed by atoms with Crippen molar-refractivity contribution in [3.8, 4) is 27.9 Å². The van der Waals surface area contributed by atoms with Crippen LogP contribution in [0.4, 0.5) is 0 Å². The molecule has 4 nitrogen and oxygen atoms in total. The molecule has 11 rings (SSSR count). The van der Waals surface area contributed by atoms with Gasteiger partial charge in [-0.15, -0.1) is 11.3 Å². The molecule has 2 unspecified atom stereocenters. The third-order valence-corrected chi connectivity index (χ3v) is 12.7. The predicted molar refractivity (Wildman–Crippen MR) is 240 cm³/mol. The van der Waals surface area contributed by atoms with E-state index >= 15 is 0 Å². The van der Waals surface area contributed by atoms with Crippen LogP contribution in [0.25, 0.3) is 69.9 Å². The van der Waals surface area contributed by atoms with E-state index in [4.69, 9.17) is 4.99 Å². The molecule has 0 saturated heterocycles. The molecule has 3 heterocycles. The summed E-state index contributed by atoms with van der Waals surface area (Å²) < 4.78 is 4.99. The van der Waals surface area contributed by atoms with Gasteiger partial charge in [-0.1, -0.05) is 158 Å². The number of nitrogens with one attached hydrogen (secondary N) is 1. The van der Waals surface area contributed by atoms with E-state index in [0.29, 0.717) is 0 Å². The van der Waals surface area contributed by atoms with Crippen LogP contribution in [0.15, 0.2) is 199 Å². The lowest BCUT2D eigenvalue weighted by Gasteiger charge is -2.39. The molecule has 1 aliphatic heterocycles. The zero-order valence-corrected chi connectivity index (χ0v) is 32.2. The lowest BCUT2D eigenvalue weighted by Crippen LogP contribution is -2.46. The molecule has 0 radical (unpaired) electrons. The van der Waals surface area contributed by atoms with Gasteiger partial charge in [0.25, 0.3) is 0 Å². The molecular weight excluding hydrogens is 713 g/mol. The minimum atomic E-state index is -0.177. The number of para-hydroxylation sites is 2. The summed E-state index contributed by atoms with van der Waals surface area (Å²) in [6, 6.07) is 70.1. The minimum absolute atomic E-state index is 0.0857. The van der Waals surface area contributed by atoms with Crippen LogP contribution in [-0.4, -0.2) is 22.4 Å². The summed E-state index contributed by atoms with van der Waals surface area (Å²) in [5.74, 6) is 0.972. The van der Waals surface area contributed by atoms with Gasteiger partial charge >= 0.3 is 0 Å². The SMILES string of the molecule is CN1C(c2ccccc2)=NC(c2ccccc2)NC1c1cccc(-c2cccc3c2sc2cccc(-c4ccc5c6ccccc6n(-c6ccccc6)c5c4)c23)c1. The largest absolute Gasteiger partial charge is 0.340 e. The molecule has 0 fully saturated rings. The zero-order chi connectivity index (χ0) is 37.9. The fourth-order valence-corrected chi connectivity index (χ4v) is 10.1. The second-order valence-electron chi connectivity index (χ2n) is 14.8. The molecule has 0 amide bonds. The van der Waals surface area contributed by atoms with Crippen LogP contribution in [0, 0.1) is 0 Å². The molecule has 8 aromatic carbocycles. The van der Waals surface area contributed by atoms with Crippen LogP contribution in [-0.2, 0) is 0 Å². The number of aliphatic imine (C=N–C) groups is 1. The van der Waals surface area contributed by atoms with Crippen molar-refractivity contribution >= 4 is 59.2 Å². The van der Waals surface area contributed by atoms with Gasteiger partial charge in [-0.25, -0.2) is 4.99 Å². The van der Waals surface area contributed by atoms with Gasteiger partial charge in [-0.2, -0.15) is 0 Å². The first-order chi connectivity index (χ1) is 28.2. The number of fused-ring (bicyclic) bond motifs is 6. The van der Waals surface area contributed by atoms with Crippen molar-refractivity contribution in [2.75, 3.05) is 7.05 Å². The number of nitrogens with zero attached hydrogens (tertiary/aromatic N) is 3. The lowest BCUT2D eigenvalue weighted by molar-refractivity contribution is 0.257. The Hall–Kier alpha value is -6.79. The van der Waals surface area contributed by atoms with E-state index in [-0.39, 0.29) is 12.3 Å². The van der Waals surface area contributed by atoms with Crippen LogP contribution >= 0.6 is 11.3 Å². The topological polar surface area (TPSA) is 32.6 Å². The summed E-state index contributed by atoms with van der Waals surface area (Å²) in [6.07, 6.45) is -0.263. The van der Waals surface area contributed by atoms with E-state index < -0.39 is 0 Å². The van der Waals surface area contributed by atoms with Crippen LogP contribution < -0.4 is 5.32 Å². The number of aromatic nitrogens is 1. The van der Waals surface area contributed by atoms with E-state index in [2.05, 4.69) is 216 Å². The van der Waals surface area contributed by atoms with Gasteiger partial charge in [0.1, 0.15) is 18.2 Å². The summed E-state index contributed by atoms with van der Waals surface area (Å²) in [5.41, 5.74) is 12.0. The highest BCUT2D eigenvalue weighted by Crippen LogP contribution is 2.45. The smallest absolute Gasteiger partial charge is 0.134 e. The molecule has 5 heteroatoms. The number of benzene rings is 8. The lowest BCUT2D eigenvalue weighted by atomic mass is 9.96. The molecular formula is C52H38N4S. The Balaban J connectivity index is 1.02. The number of thiophene rings is 1. The Morgan fingerprint density at radius 3 is 1.98 bits per heavy atom. The first kappa shape index (κ1) is 33.5. The molecule has 1 aliphatic rings. The van der Waals surface area contributed by atoms with Gasteiger partial charge in [0.2, 0.25) is 0 Å². The van der Waals surface area contributed by atoms with Crippen molar-refractivity contribution in [2.24, 2.45) is 4.99 Å². The van der Waals surface area contributed by atoms with Crippen LogP contribution in [0.2, 0.25) is 0 Å². The van der Waals surface area contributed by atoms with Crippen LogP contribution in [0.3, 0.4) is 0 Å².